The summed E-state index contributed by atoms with van der Waals surface area (Å²) in [5.41, 5.74) is 10.5. The molecule has 0 atom stereocenters. The topological polar surface area (TPSA) is 85.3 Å². The van der Waals surface area contributed by atoms with Crippen LogP contribution in [0.2, 0.25) is 0 Å². The Balaban J connectivity index is 1.89. The highest BCUT2D eigenvalue weighted by Crippen LogP contribution is 2.30. The lowest BCUT2D eigenvalue weighted by Gasteiger charge is -2.14. The maximum absolute atomic E-state index is 11.8. The third-order valence-corrected chi connectivity index (χ3v) is 4.27. The van der Waals surface area contributed by atoms with Gasteiger partial charge in [0.1, 0.15) is 0 Å². The highest BCUT2D eigenvalue weighted by Gasteiger charge is 2.16. The first-order valence-electron chi connectivity index (χ1n) is 8.46. The molecule has 0 aliphatic carbocycles. The van der Waals surface area contributed by atoms with Gasteiger partial charge >= 0.3 is 0 Å². The summed E-state index contributed by atoms with van der Waals surface area (Å²) in [6.07, 6.45) is 5.24. The van der Waals surface area contributed by atoms with Crippen molar-refractivity contribution in [3.05, 3.63) is 60.6 Å². The number of fused-ring (bicyclic) bond motifs is 2. The van der Waals surface area contributed by atoms with E-state index in [1.165, 1.54) is 6.20 Å². The number of primary amides is 1. The Hall–Kier alpha value is -3.41. The minimum absolute atomic E-state index is 0.157. The van der Waals surface area contributed by atoms with Crippen molar-refractivity contribution in [2.45, 2.75) is 19.9 Å². The predicted octanol–water partition coefficient (Wildman–Crippen LogP) is 3.47. The molecule has 1 aromatic carbocycles. The number of rotatable bonds is 4. The Bertz CT molecular complexity index is 1130. The number of benzene rings is 1. The van der Waals surface area contributed by atoms with Crippen molar-refractivity contribution in [3.8, 4) is 11.1 Å². The van der Waals surface area contributed by atoms with Crippen LogP contribution in [0.3, 0.4) is 0 Å². The number of nitrogens with two attached hydrogens (primary N) is 1. The van der Waals surface area contributed by atoms with E-state index in [0.29, 0.717) is 11.3 Å². The van der Waals surface area contributed by atoms with E-state index in [1.54, 1.807) is 10.7 Å². The molecule has 3 aromatic heterocycles. The third kappa shape index (κ3) is 2.75. The van der Waals surface area contributed by atoms with Crippen LogP contribution in [0, 0.1) is 0 Å². The fourth-order valence-corrected chi connectivity index (χ4v) is 3.10. The molecule has 0 aliphatic heterocycles. The zero-order chi connectivity index (χ0) is 18.3. The second kappa shape index (κ2) is 6.15. The SMILES string of the molecule is CC(C)Nc1c(C(N)=O)cnn2cc(-c3ccc4ncccc4c3)cc12. The van der Waals surface area contributed by atoms with Crippen LogP contribution >= 0.6 is 0 Å². The van der Waals surface area contributed by atoms with Gasteiger partial charge in [0.2, 0.25) is 0 Å². The highest BCUT2D eigenvalue weighted by molar-refractivity contribution is 6.02. The second-order valence-electron chi connectivity index (χ2n) is 6.57. The normalized spacial score (nSPS) is 11.3. The summed E-state index contributed by atoms with van der Waals surface area (Å²) < 4.78 is 1.76. The van der Waals surface area contributed by atoms with Crippen LogP contribution in [0.5, 0.6) is 0 Å². The minimum Gasteiger partial charge on any atom is -0.380 e. The number of pyridine rings is 1. The summed E-state index contributed by atoms with van der Waals surface area (Å²) in [5, 5.41) is 8.74. The molecule has 1 amide bonds. The quantitative estimate of drug-likeness (QED) is 0.593. The van der Waals surface area contributed by atoms with Crippen LogP contribution < -0.4 is 11.1 Å². The van der Waals surface area contributed by atoms with Crippen LogP contribution in [-0.2, 0) is 0 Å². The summed E-state index contributed by atoms with van der Waals surface area (Å²) in [7, 11) is 0. The van der Waals surface area contributed by atoms with Crippen LogP contribution in [-0.4, -0.2) is 26.5 Å². The fraction of sp³-hybridized carbons (Fsp3) is 0.150. The van der Waals surface area contributed by atoms with Gasteiger partial charge in [-0.05, 0) is 43.7 Å². The molecule has 4 rings (SSSR count). The van der Waals surface area contributed by atoms with Gasteiger partial charge in [0.05, 0.1) is 28.5 Å². The number of carbonyl (C=O) groups is 1. The highest BCUT2D eigenvalue weighted by atomic mass is 16.1. The molecule has 0 bridgehead atoms. The summed E-state index contributed by atoms with van der Waals surface area (Å²) in [4.78, 5) is 16.2. The van der Waals surface area contributed by atoms with E-state index in [4.69, 9.17) is 5.73 Å². The fourth-order valence-electron chi connectivity index (χ4n) is 3.10. The smallest absolute Gasteiger partial charge is 0.252 e. The van der Waals surface area contributed by atoms with Crippen molar-refractivity contribution in [1.29, 1.82) is 0 Å². The van der Waals surface area contributed by atoms with Crippen LogP contribution in [0.1, 0.15) is 24.2 Å². The molecule has 0 fully saturated rings. The first kappa shape index (κ1) is 16.1. The lowest BCUT2D eigenvalue weighted by Crippen LogP contribution is -2.19. The lowest BCUT2D eigenvalue weighted by molar-refractivity contribution is 0.100. The Morgan fingerprint density at radius 3 is 2.81 bits per heavy atom. The van der Waals surface area contributed by atoms with Crippen molar-refractivity contribution < 1.29 is 4.79 Å². The molecule has 0 radical (unpaired) electrons. The monoisotopic (exact) mass is 345 g/mol. The third-order valence-electron chi connectivity index (χ3n) is 4.27. The van der Waals surface area contributed by atoms with E-state index in [9.17, 15) is 4.79 Å². The molecule has 3 heterocycles. The number of aromatic nitrogens is 3. The molecule has 0 aliphatic rings. The average molecular weight is 345 g/mol. The van der Waals surface area contributed by atoms with Crippen molar-refractivity contribution in [3.63, 3.8) is 0 Å². The molecule has 0 saturated carbocycles. The second-order valence-corrected chi connectivity index (χ2v) is 6.57. The van der Waals surface area contributed by atoms with E-state index in [2.05, 4.69) is 21.5 Å². The maximum atomic E-state index is 11.8. The van der Waals surface area contributed by atoms with E-state index < -0.39 is 5.91 Å². The van der Waals surface area contributed by atoms with E-state index in [-0.39, 0.29) is 6.04 Å². The Morgan fingerprint density at radius 2 is 2.04 bits per heavy atom. The number of carbonyl (C=O) groups excluding carboxylic acids is 1. The van der Waals surface area contributed by atoms with Crippen molar-refractivity contribution in [1.82, 2.24) is 14.6 Å². The van der Waals surface area contributed by atoms with E-state index >= 15 is 0 Å². The number of hydrogen-bond acceptors (Lipinski definition) is 4. The largest absolute Gasteiger partial charge is 0.380 e. The summed E-state index contributed by atoms with van der Waals surface area (Å²) >= 11 is 0. The van der Waals surface area contributed by atoms with Gasteiger partial charge in [-0.15, -0.1) is 0 Å². The van der Waals surface area contributed by atoms with Gasteiger partial charge in [-0.25, -0.2) is 4.52 Å². The van der Waals surface area contributed by atoms with Gasteiger partial charge in [0.25, 0.3) is 5.91 Å². The molecule has 0 spiro atoms. The maximum Gasteiger partial charge on any atom is 0.252 e. The number of nitrogens with one attached hydrogen (secondary N) is 1. The summed E-state index contributed by atoms with van der Waals surface area (Å²) in [6, 6.07) is 12.3. The zero-order valence-corrected chi connectivity index (χ0v) is 14.6. The van der Waals surface area contributed by atoms with Crippen LogP contribution in [0.15, 0.2) is 55.0 Å². The van der Waals surface area contributed by atoms with Crippen LogP contribution in [0.25, 0.3) is 27.5 Å². The van der Waals surface area contributed by atoms with Crippen molar-refractivity contribution in [2.24, 2.45) is 5.73 Å². The van der Waals surface area contributed by atoms with E-state index in [0.717, 1.165) is 27.5 Å². The van der Waals surface area contributed by atoms with Gasteiger partial charge in [0.15, 0.2) is 0 Å². The molecule has 4 aromatic rings. The Kier molecular flexibility index (Phi) is 3.80. The molecule has 26 heavy (non-hydrogen) atoms. The lowest BCUT2D eigenvalue weighted by atomic mass is 10.1. The number of amides is 1. The molecule has 130 valence electrons. The Morgan fingerprint density at radius 1 is 1.19 bits per heavy atom. The standard InChI is InChI=1S/C20H19N5O/c1-12(2)24-19-16(20(21)26)10-23-25-11-15(9-18(19)25)13-5-6-17-14(8-13)4-3-7-22-17/h3-12,24H,1-2H3,(H2,21,26). The summed E-state index contributed by atoms with van der Waals surface area (Å²) in [5.74, 6) is -0.498. The number of nitrogens with zero attached hydrogens (tertiary/aromatic N) is 3. The van der Waals surface area contributed by atoms with Gasteiger partial charge < -0.3 is 11.1 Å². The summed E-state index contributed by atoms with van der Waals surface area (Å²) in [6.45, 7) is 4.03. The van der Waals surface area contributed by atoms with Crippen molar-refractivity contribution >= 4 is 28.0 Å². The molecule has 3 N–H and O–H groups in total. The first-order valence-corrected chi connectivity index (χ1v) is 8.46. The number of hydrogen-bond donors (Lipinski definition) is 2. The molecule has 0 saturated heterocycles. The van der Waals surface area contributed by atoms with Gasteiger partial charge in [-0.2, -0.15) is 5.10 Å². The first-order chi connectivity index (χ1) is 12.5. The predicted molar refractivity (Wildman–Crippen MR) is 103 cm³/mol. The van der Waals surface area contributed by atoms with Gasteiger partial charge in [0, 0.05) is 29.4 Å². The Labute approximate surface area is 150 Å². The molecular weight excluding hydrogens is 326 g/mol. The van der Waals surface area contributed by atoms with Crippen LogP contribution in [0.4, 0.5) is 5.69 Å². The molecule has 6 nitrogen and oxygen atoms in total. The average Bonchev–Trinajstić information content (AvgIpc) is 3.05. The number of anilines is 1. The van der Waals surface area contributed by atoms with Gasteiger partial charge in [-0.3, -0.25) is 9.78 Å². The van der Waals surface area contributed by atoms with E-state index in [1.807, 2.05) is 50.4 Å². The molecule has 0 unspecified atom stereocenters. The molecular formula is C20H19N5O. The van der Waals surface area contributed by atoms with Gasteiger partial charge in [-0.1, -0.05) is 12.1 Å². The molecule has 6 heteroatoms. The zero-order valence-electron chi connectivity index (χ0n) is 14.6. The van der Waals surface area contributed by atoms with Crippen molar-refractivity contribution in [2.75, 3.05) is 5.32 Å². The minimum atomic E-state index is -0.498.